The molecule has 3 aromatic rings. The molecule has 0 aliphatic rings. The van der Waals surface area contributed by atoms with Crippen molar-refractivity contribution in [3.05, 3.63) is 47.1 Å². The van der Waals surface area contributed by atoms with Crippen LogP contribution < -0.4 is 10.6 Å². The fourth-order valence-corrected chi connectivity index (χ4v) is 2.81. The number of carboxylic acid groups (broad SMARTS) is 1. The van der Waals surface area contributed by atoms with Gasteiger partial charge in [-0.3, -0.25) is 9.88 Å². The molecule has 0 aliphatic heterocycles. The van der Waals surface area contributed by atoms with Crippen LogP contribution in [0.1, 0.15) is 18.5 Å². The van der Waals surface area contributed by atoms with E-state index in [-0.39, 0.29) is 34.5 Å². The molecule has 0 aromatic carbocycles. The molecule has 3 aromatic heterocycles. The molecule has 0 unspecified atom stereocenters. The van der Waals surface area contributed by atoms with Gasteiger partial charge in [0, 0.05) is 18.8 Å². The van der Waals surface area contributed by atoms with Gasteiger partial charge in [0.1, 0.15) is 0 Å². The summed E-state index contributed by atoms with van der Waals surface area (Å²) in [7, 11) is 1.53. The third-order valence-electron chi connectivity index (χ3n) is 3.93. The summed E-state index contributed by atoms with van der Waals surface area (Å²) in [6.45, 7) is 1.51. The number of hydrogen-bond acceptors (Lipinski definition) is 6. The van der Waals surface area contributed by atoms with Crippen molar-refractivity contribution in [1.29, 1.82) is 0 Å². The van der Waals surface area contributed by atoms with Crippen LogP contribution in [0.5, 0.6) is 0 Å². The Hall–Kier alpha value is -2.98. The van der Waals surface area contributed by atoms with Crippen molar-refractivity contribution in [3.63, 3.8) is 0 Å². The van der Waals surface area contributed by atoms with Gasteiger partial charge in [-0.15, -0.1) is 17.5 Å². The van der Waals surface area contributed by atoms with E-state index in [1.807, 2.05) is 0 Å². The summed E-state index contributed by atoms with van der Waals surface area (Å²) in [4.78, 5) is 20.7. The molecule has 9 nitrogen and oxygen atoms in total. The lowest BCUT2D eigenvalue weighted by molar-refractivity contribution is 0.199. The molecule has 0 aliphatic carbocycles. The minimum Gasteiger partial charge on any atom is -0.465 e. The Morgan fingerprint density at radius 2 is 2.07 bits per heavy atom. The van der Waals surface area contributed by atoms with Crippen LogP contribution in [-0.4, -0.2) is 36.2 Å². The molecular formula is C16H16Cl2FN7O2. The number of anilines is 2. The number of aromatic nitrogens is 5. The first kappa shape index (κ1) is 21.3. The van der Waals surface area contributed by atoms with E-state index < -0.39 is 18.1 Å². The molecule has 3 rings (SSSR count). The van der Waals surface area contributed by atoms with E-state index in [2.05, 4.69) is 20.3 Å². The summed E-state index contributed by atoms with van der Waals surface area (Å²) in [5.41, 5.74) is 6.68. The SMILES string of the molecule is C[C@H](c1cc(Cl)cnc1F)N(C(=O)O)c1c(-c2ccc(N)cn2)nnn1C.Cl. The number of rotatable bonds is 4. The van der Waals surface area contributed by atoms with Crippen LogP contribution in [-0.2, 0) is 7.05 Å². The van der Waals surface area contributed by atoms with Gasteiger partial charge in [-0.2, -0.15) is 4.39 Å². The molecule has 3 N–H and O–H groups in total. The molecule has 28 heavy (non-hydrogen) atoms. The van der Waals surface area contributed by atoms with Gasteiger partial charge in [-0.25, -0.2) is 14.5 Å². The van der Waals surface area contributed by atoms with Crippen LogP contribution in [0.3, 0.4) is 0 Å². The van der Waals surface area contributed by atoms with E-state index in [9.17, 15) is 14.3 Å². The van der Waals surface area contributed by atoms with Gasteiger partial charge < -0.3 is 10.8 Å². The molecule has 12 heteroatoms. The first-order chi connectivity index (χ1) is 12.8. The van der Waals surface area contributed by atoms with Crippen molar-refractivity contribution in [1.82, 2.24) is 25.0 Å². The van der Waals surface area contributed by atoms with Crippen LogP contribution in [0.15, 0.2) is 30.6 Å². The Morgan fingerprint density at radius 3 is 2.68 bits per heavy atom. The molecule has 1 amide bonds. The molecule has 0 saturated heterocycles. The first-order valence-corrected chi connectivity index (χ1v) is 8.12. The third kappa shape index (κ3) is 3.97. The first-order valence-electron chi connectivity index (χ1n) is 7.74. The minimum atomic E-state index is -1.33. The summed E-state index contributed by atoms with van der Waals surface area (Å²) in [6, 6.07) is 3.57. The molecule has 0 saturated carbocycles. The van der Waals surface area contributed by atoms with Crippen LogP contribution in [0.4, 0.5) is 20.7 Å². The number of aryl methyl sites for hydroxylation is 1. The average molecular weight is 428 g/mol. The quantitative estimate of drug-likeness (QED) is 0.611. The van der Waals surface area contributed by atoms with Crippen molar-refractivity contribution < 1.29 is 14.3 Å². The summed E-state index contributed by atoms with van der Waals surface area (Å²) in [6.07, 6.45) is 1.24. The summed E-state index contributed by atoms with van der Waals surface area (Å²) >= 11 is 5.90. The lowest BCUT2D eigenvalue weighted by Crippen LogP contribution is -2.34. The number of carbonyl (C=O) groups is 1. The van der Waals surface area contributed by atoms with Crippen LogP contribution in [0.25, 0.3) is 11.4 Å². The number of nitrogens with two attached hydrogens (primary N) is 1. The molecule has 3 heterocycles. The van der Waals surface area contributed by atoms with Gasteiger partial charge in [0.15, 0.2) is 11.5 Å². The highest BCUT2D eigenvalue weighted by Gasteiger charge is 2.32. The number of halogens is 3. The van der Waals surface area contributed by atoms with E-state index in [4.69, 9.17) is 17.3 Å². The number of nitrogens with zero attached hydrogens (tertiary/aromatic N) is 6. The van der Waals surface area contributed by atoms with Crippen LogP contribution in [0.2, 0.25) is 5.02 Å². The highest BCUT2D eigenvalue weighted by Crippen LogP contribution is 2.34. The maximum atomic E-state index is 14.2. The number of pyridine rings is 2. The zero-order chi connectivity index (χ0) is 19.7. The zero-order valence-corrected chi connectivity index (χ0v) is 16.3. The van der Waals surface area contributed by atoms with Crippen LogP contribution in [0, 0.1) is 5.95 Å². The fourth-order valence-electron chi connectivity index (χ4n) is 2.64. The number of amides is 1. The standard InChI is InChI=1S/C16H15ClFN7O2.ClH/c1-8(11-5-9(17)6-21-14(11)18)25(16(26)27)15-13(22-23-24(15)2)12-4-3-10(19)7-20-12;/h3-8H,19H2,1-2H3,(H,26,27);1H/t8-;/m1./s1. The van der Waals surface area contributed by atoms with Gasteiger partial charge in [-0.1, -0.05) is 16.8 Å². The molecule has 0 bridgehead atoms. The zero-order valence-electron chi connectivity index (χ0n) is 14.7. The van der Waals surface area contributed by atoms with E-state index >= 15 is 0 Å². The van der Waals surface area contributed by atoms with Crippen molar-refractivity contribution in [3.8, 4) is 11.4 Å². The molecule has 0 fully saturated rings. The summed E-state index contributed by atoms with van der Waals surface area (Å²) in [5, 5.41) is 17.9. The second-order valence-electron chi connectivity index (χ2n) is 5.72. The van der Waals surface area contributed by atoms with E-state index in [0.717, 1.165) is 11.1 Å². The second kappa shape index (κ2) is 8.36. The maximum Gasteiger partial charge on any atom is 0.413 e. The van der Waals surface area contributed by atoms with Gasteiger partial charge >= 0.3 is 6.09 Å². The Bertz CT molecular complexity index is 997. The van der Waals surface area contributed by atoms with Gasteiger partial charge in [-0.05, 0) is 25.1 Å². The molecule has 0 radical (unpaired) electrons. The average Bonchev–Trinajstić information content (AvgIpc) is 2.99. The molecule has 1 atom stereocenters. The van der Waals surface area contributed by atoms with Gasteiger partial charge in [0.2, 0.25) is 5.95 Å². The minimum absolute atomic E-state index is 0. The highest BCUT2D eigenvalue weighted by molar-refractivity contribution is 6.30. The number of nitrogen functional groups attached to an aromatic ring is 1. The Balaban J connectivity index is 0.00000280. The van der Waals surface area contributed by atoms with Crippen molar-refractivity contribution >= 4 is 41.6 Å². The molecule has 148 valence electrons. The summed E-state index contributed by atoms with van der Waals surface area (Å²) in [5.74, 6) is -0.702. The van der Waals surface area contributed by atoms with Gasteiger partial charge in [0.05, 0.1) is 28.6 Å². The smallest absolute Gasteiger partial charge is 0.413 e. The Morgan fingerprint density at radius 1 is 1.36 bits per heavy atom. The molecule has 0 spiro atoms. The predicted octanol–water partition coefficient (Wildman–Crippen LogP) is 3.31. The predicted molar refractivity (Wildman–Crippen MR) is 104 cm³/mol. The van der Waals surface area contributed by atoms with E-state index in [0.29, 0.717) is 11.4 Å². The van der Waals surface area contributed by atoms with E-state index in [1.54, 1.807) is 12.1 Å². The summed E-state index contributed by atoms with van der Waals surface area (Å²) < 4.78 is 15.5. The third-order valence-corrected chi connectivity index (χ3v) is 4.14. The topological polar surface area (TPSA) is 123 Å². The Kier molecular flexibility index (Phi) is 6.37. The Labute approximate surface area is 170 Å². The maximum absolute atomic E-state index is 14.2. The van der Waals surface area contributed by atoms with Crippen molar-refractivity contribution in [2.45, 2.75) is 13.0 Å². The lowest BCUT2D eigenvalue weighted by atomic mass is 10.1. The monoisotopic (exact) mass is 427 g/mol. The van der Waals surface area contributed by atoms with Crippen molar-refractivity contribution in [2.24, 2.45) is 7.05 Å². The van der Waals surface area contributed by atoms with E-state index in [1.165, 1.54) is 30.9 Å². The largest absolute Gasteiger partial charge is 0.465 e. The fraction of sp³-hybridized carbons (Fsp3) is 0.188. The van der Waals surface area contributed by atoms with Crippen molar-refractivity contribution in [2.75, 3.05) is 10.6 Å². The van der Waals surface area contributed by atoms with Crippen LogP contribution >= 0.6 is 24.0 Å². The molecular weight excluding hydrogens is 412 g/mol. The normalized spacial score (nSPS) is 11.6. The van der Waals surface area contributed by atoms with Gasteiger partial charge in [0.25, 0.3) is 0 Å². The second-order valence-corrected chi connectivity index (χ2v) is 6.16. The highest BCUT2D eigenvalue weighted by atomic mass is 35.5. The lowest BCUT2D eigenvalue weighted by Gasteiger charge is -2.27. The number of hydrogen-bond donors (Lipinski definition) is 2.